The lowest BCUT2D eigenvalue weighted by Gasteiger charge is -1.97. The van der Waals surface area contributed by atoms with E-state index in [1.807, 2.05) is 31.3 Å². The molecule has 2 aromatic rings. The third-order valence-corrected chi connectivity index (χ3v) is 3.37. The van der Waals surface area contributed by atoms with E-state index in [-0.39, 0.29) is 0 Å². The topological polar surface area (TPSA) is 12.0 Å². The molecule has 1 aromatic carbocycles. The van der Waals surface area contributed by atoms with Crippen LogP contribution >= 0.6 is 22.9 Å². The van der Waals surface area contributed by atoms with Crippen molar-refractivity contribution >= 4 is 22.9 Å². The van der Waals surface area contributed by atoms with Gasteiger partial charge in [-0.1, -0.05) is 23.7 Å². The number of benzene rings is 1. The average molecular weight is 238 g/mol. The van der Waals surface area contributed by atoms with Gasteiger partial charge in [0, 0.05) is 16.4 Å². The van der Waals surface area contributed by atoms with Gasteiger partial charge in [0.05, 0.1) is 0 Å². The lowest BCUT2D eigenvalue weighted by Crippen LogP contribution is -2.02. The molecule has 15 heavy (non-hydrogen) atoms. The summed E-state index contributed by atoms with van der Waals surface area (Å²) >= 11 is 7.62. The fourth-order valence-corrected chi connectivity index (χ4v) is 2.47. The molecule has 0 unspecified atom stereocenters. The van der Waals surface area contributed by atoms with Crippen LogP contribution in [-0.2, 0) is 6.54 Å². The van der Waals surface area contributed by atoms with Crippen molar-refractivity contribution in [3.05, 3.63) is 45.6 Å². The normalized spacial score (nSPS) is 10.5. The molecular weight excluding hydrogens is 226 g/mol. The summed E-state index contributed by atoms with van der Waals surface area (Å²) in [6.07, 6.45) is 0. The van der Waals surface area contributed by atoms with Crippen LogP contribution in [0, 0.1) is 0 Å². The highest BCUT2D eigenvalue weighted by atomic mass is 35.5. The van der Waals surface area contributed by atoms with Crippen LogP contribution in [0.2, 0.25) is 5.02 Å². The van der Waals surface area contributed by atoms with E-state index in [9.17, 15) is 0 Å². The molecule has 3 heteroatoms. The Morgan fingerprint density at radius 3 is 2.60 bits per heavy atom. The first-order valence-electron chi connectivity index (χ1n) is 4.77. The van der Waals surface area contributed by atoms with E-state index < -0.39 is 0 Å². The maximum absolute atomic E-state index is 5.85. The van der Waals surface area contributed by atoms with Gasteiger partial charge in [-0.05, 0) is 41.8 Å². The summed E-state index contributed by atoms with van der Waals surface area (Å²) in [5, 5.41) is 6.11. The Balaban J connectivity index is 2.25. The Labute approximate surface area is 98.7 Å². The second-order valence-electron chi connectivity index (χ2n) is 3.34. The molecule has 0 fully saturated rings. The van der Waals surface area contributed by atoms with Crippen LogP contribution in [0.5, 0.6) is 0 Å². The fourth-order valence-electron chi connectivity index (χ4n) is 1.44. The minimum Gasteiger partial charge on any atom is -0.315 e. The summed E-state index contributed by atoms with van der Waals surface area (Å²) in [4.78, 5) is 1.35. The number of halogens is 1. The molecule has 0 radical (unpaired) electrons. The van der Waals surface area contributed by atoms with E-state index in [4.69, 9.17) is 11.6 Å². The molecule has 0 aliphatic rings. The third kappa shape index (κ3) is 2.59. The first-order valence-corrected chi connectivity index (χ1v) is 6.03. The summed E-state index contributed by atoms with van der Waals surface area (Å²) in [5.41, 5.74) is 2.49. The average Bonchev–Trinajstić information content (AvgIpc) is 2.68. The van der Waals surface area contributed by atoms with Gasteiger partial charge in [-0.25, -0.2) is 0 Å². The van der Waals surface area contributed by atoms with Crippen LogP contribution in [0.4, 0.5) is 0 Å². The monoisotopic (exact) mass is 237 g/mol. The van der Waals surface area contributed by atoms with Crippen LogP contribution in [0.15, 0.2) is 35.7 Å². The van der Waals surface area contributed by atoms with E-state index >= 15 is 0 Å². The molecule has 0 spiro atoms. The summed E-state index contributed by atoms with van der Waals surface area (Å²) in [6, 6.07) is 10.2. The Bertz CT molecular complexity index is 433. The standard InChI is InChI=1S/C12H12ClNS/c1-14-7-12-6-10(8-15-12)9-2-4-11(13)5-3-9/h2-6,8,14H,7H2,1H3. The highest BCUT2D eigenvalue weighted by Gasteiger charge is 2.01. The van der Waals surface area contributed by atoms with Crippen LogP contribution in [0.3, 0.4) is 0 Å². The number of nitrogens with one attached hydrogen (secondary N) is 1. The number of hydrogen-bond donors (Lipinski definition) is 1. The number of thiophene rings is 1. The minimum absolute atomic E-state index is 0.782. The van der Waals surface area contributed by atoms with Gasteiger partial charge in [0.1, 0.15) is 0 Å². The van der Waals surface area contributed by atoms with Gasteiger partial charge >= 0.3 is 0 Å². The Hall–Kier alpha value is -0.830. The molecule has 0 amide bonds. The van der Waals surface area contributed by atoms with Crippen molar-refractivity contribution in [1.29, 1.82) is 0 Å². The maximum Gasteiger partial charge on any atom is 0.0406 e. The Morgan fingerprint density at radius 2 is 1.93 bits per heavy atom. The van der Waals surface area contributed by atoms with Gasteiger partial charge in [-0.2, -0.15) is 0 Å². The van der Waals surface area contributed by atoms with Gasteiger partial charge in [0.25, 0.3) is 0 Å². The molecule has 1 aromatic heterocycles. The molecule has 2 rings (SSSR count). The van der Waals surface area contributed by atoms with Crippen molar-refractivity contribution in [3.8, 4) is 11.1 Å². The highest BCUT2D eigenvalue weighted by Crippen LogP contribution is 2.26. The largest absolute Gasteiger partial charge is 0.315 e. The van der Waals surface area contributed by atoms with Gasteiger partial charge in [-0.15, -0.1) is 11.3 Å². The van der Waals surface area contributed by atoms with Crippen LogP contribution in [0.25, 0.3) is 11.1 Å². The molecule has 0 aliphatic heterocycles. The van der Waals surface area contributed by atoms with E-state index in [0.29, 0.717) is 0 Å². The van der Waals surface area contributed by atoms with Crippen molar-refractivity contribution in [3.63, 3.8) is 0 Å². The van der Waals surface area contributed by atoms with Crippen molar-refractivity contribution in [2.75, 3.05) is 7.05 Å². The van der Waals surface area contributed by atoms with Crippen molar-refractivity contribution < 1.29 is 0 Å². The Kier molecular flexibility index (Phi) is 3.41. The zero-order valence-corrected chi connectivity index (χ0v) is 10.0. The molecule has 0 bridgehead atoms. The number of hydrogen-bond acceptors (Lipinski definition) is 2. The van der Waals surface area contributed by atoms with E-state index in [1.165, 1.54) is 16.0 Å². The minimum atomic E-state index is 0.782. The summed E-state index contributed by atoms with van der Waals surface area (Å²) in [7, 11) is 1.96. The molecule has 1 N–H and O–H groups in total. The number of rotatable bonds is 3. The van der Waals surface area contributed by atoms with Crippen molar-refractivity contribution in [2.45, 2.75) is 6.54 Å². The summed E-state index contributed by atoms with van der Waals surface area (Å²) in [6.45, 7) is 0.929. The lowest BCUT2D eigenvalue weighted by atomic mass is 10.1. The van der Waals surface area contributed by atoms with Gasteiger partial charge in [0.15, 0.2) is 0 Å². The predicted molar refractivity (Wildman–Crippen MR) is 67.5 cm³/mol. The van der Waals surface area contributed by atoms with Gasteiger partial charge in [-0.3, -0.25) is 0 Å². The van der Waals surface area contributed by atoms with Crippen LogP contribution in [-0.4, -0.2) is 7.05 Å². The second kappa shape index (κ2) is 4.79. The van der Waals surface area contributed by atoms with Crippen LogP contribution in [0.1, 0.15) is 4.88 Å². The maximum atomic E-state index is 5.85. The quantitative estimate of drug-likeness (QED) is 0.857. The van der Waals surface area contributed by atoms with E-state index in [0.717, 1.165) is 11.6 Å². The van der Waals surface area contributed by atoms with E-state index in [1.54, 1.807) is 11.3 Å². The second-order valence-corrected chi connectivity index (χ2v) is 4.77. The molecule has 0 aliphatic carbocycles. The summed E-state index contributed by atoms with van der Waals surface area (Å²) in [5.74, 6) is 0. The zero-order chi connectivity index (χ0) is 10.7. The zero-order valence-electron chi connectivity index (χ0n) is 8.46. The molecular formula is C12H12ClNS. The fraction of sp³-hybridized carbons (Fsp3) is 0.167. The third-order valence-electron chi connectivity index (χ3n) is 2.18. The van der Waals surface area contributed by atoms with Crippen molar-refractivity contribution in [1.82, 2.24) is 5.32 Å². The Morgan fingerprint density at radius 1 is 1.20 bits per heavy atom. The highest BCUT2D eigenvalue weighted by molar-refractivity contribution is 7.10. The SMILES string of the molecule is CNCc1cc(-c2ccc(Cl)cc2)cs1. The molecule has 0 atom stereocenters. The first-order chi connectivity index (χ1) is 7.29. The van der Waals surface area contributed by atoms with Gasteiger partial charge < -0.3 is 5.32 Å². The van der Waals surface area contributed by atoms with Crippen LogP contribution < -0.4 is 5.32 Å². The first kappa shape index (κ1) is 10.7. The lowest BCUT2D eigenvalue weighted by molar-refractivity contribution is 0.831. The molecule has 0 saturated carbocycles. The molecule has 1 nitrogen and oxygen atoms in total. The molecule has 0 saturated heterocycles. The molecule has 78 valence electrons. The van der Waals surface area contributed by atoms with Crippen molar-refractivity contribution in [2.24, 2.45) is 0 Å². The van der Waals surface area contributed by atoms with Gasteiger partial charge in [0.2, 0.25) is 0 Å². The summed E-state index contributed by atoms with van der Waals surface area (Å²) < 4.78 is 0. The predicted octanol–water partition coefficient (Wildman–Crippen LogP) is 3.79. The van der Waals surface area contributed by atoms with E-state index in [2.05, 4.69) is 16.8 Å². The molecule has 1 heterocycles. The smallest absolute Gasteiger partial charge is 0.0406 e.